The van der Waals surface area contributed by atoms with Gasteiger partial charge >= 0.3 is 5.97 Å². The average Bonchev–Trinajstić information content (AvgIpc) is 3.00. The summed E-state index contributed by atoms with van der Waals surface area (Å²) in [5.41, 5.74) is -1.49. The second kappa shape index (κ2) is 4.61. The van der Waals surface area contributed by atoms with Crippen LogP contribution in [0.4, 0.5) is 0 Å². The standard InChI is InChI=1S/C14H13NO6S/c1-2-22(18,19)12-11(14(12,6-15)13(16)17)8-3-4-9-10(5-8)21-7-20-9/h3-5,11-12H,2,7H2,1H3,(H,16,17)/t11-,12-,14+/m0/s1. The van der Waals surface area contributed by atoms with Gasteiger partial charge in [-0.2, -0.15) is 5.26 Å². The molecule has 1 aliphatic heterocycles. The van der Waals surface area contributed by atoms with Crippen molar-refractivity contribution >= 4 is 15.8 Å². The van der Waals surface area contributed by atoms with Gasteiger partial charge in [-0.05, 0) is 17.7 Å². The van der Waals surface area contributed by atoms with Gasteiger partial charge in [0.05, 0.1) is 6.07 Å². The fourth-order valence-corrected chi connectivity index (χ4v) is 4.94. The molecule has 0 unspecified atom stereocenters. The topological polar surface area (TPSA) is 114 Å². The molecule has 0 bridgehead atoms. The molecule has 3 atom stereocenters. The Labute approximate surface area is 127 Å². The zero-order chi connectivity index (χ0) is 16.1. The maximum atomic E-state index is 12.2. The molecule has 0 aromatic heterocycles. The molecule has 0 amide bonds. The van der Waals surface area contributed by atoms with E-state index in [1.165, 1.54) is 6.92 Å². The predicted molar refractivity (Wildman–Crippen MR) is 74.2 cm³/mol. The summed E-state index contributed by atoms with van der Waals surface area (Å²) >= 11 is 0. The third-order valence-electron chi connectivity index (χ3n) is 4.22. The molecular formula is C14H13NO6S. The summed E-state index contributed by atoms with van der Waals surface area (Å²) in [6.07, 6.45) is 0. The lowest BCUT2D eigenvalue weighted by Crippen LogP contribution is -2.23. The van der Waals surface area contributed by atoms with Crippen molar-refractivity contribution in [1.82, 2.24) is 0 Å². The van der Waals surface area contributed by atoms with Crippen molar-refractivity contribution in [1.29, 1.82) is 5.26 Å². The van der Waals surface area contributed by atoms with Crippen molar-refractivity contribution in [3.8, 4) is 17.6 Å². The first kappa shape index (κ1) is 14.7. The number of nitriles is 1. The molecule has 1 saturated carbocycles. The van der Waals surface area contributed by atoms with Crippen LogP contribution in [0.15, 0.2) is 18.2 Å². The van der Waals surface area contributed by atoms with Gasteiger partial charge in [0.15, 0.2) is 26.8 Å². The lowest BCUT2D eigenvalue weighted by molar-refractivity contribution is -0.141. The van der Waals surface area contributed by atoms with E-state index in [-0.39, 0.29) is 12.5 Å². The Kier molecular flexibility index (Phi) is 3.07. The summed E-state index contributed by atoms with van der Waals surface area (Å²) in [5.74, 6) is -1.60. The van der Waals surface area contributed by atoms with Gasteiger partial charge in [0.1, 0.15) is 5.25 Å². The van der Waals surface area contributed by atoms with E-state index < -0.39 is 32.4 Å². The van der Waals surface area contributed by atoms with E-state index in [2.05, 4.69) is 0 Å². The first-order valence-electron chi connectivity index (χ1n) is 6.64. The molecule has 1 aromatic rings. The quantitative estimate of drug-likeness (QED) is 0.876. The highest BCUT2D eigenvalue weighted by Gasteiger charge is 2.76. The monoisotopic (exact) mass is 323 g/mol. The van der Waals surface area contributed by atoms with Crippen LogP contribution in [-0.2, 0) is 14.6 Å². The van der Waals surface area contributed by atoms with Crippen LogP contribution in [0.3, 0.4) is 0 Å². The molecule has 0 radical (unpaired) electrons. The van der Waals surface area contributed by atoms with E-state index >= 15 is 0 Å². The van der Waals surface area contributed by atoms with Crippen molar-refractivity contribution in [3.63, 3.8) is 0 Å². The largest absolute Gasteiger partial charge is 0.480 e. The van der Waals surface area contributed by atoms with Crippen LogP contribution in [0.1, 0.15) is 18.4 Å². The highest BCUT2D eigenvalue weighted by molar-refractivity contribution is 7.92. The SMILES string of the molecule is CCS(=O)(=O)[C@H]1[C@H](c2ccc3c(c2)OCO3)[C@@]1(C#N)C(=O)O. The summed E-state index contributed by atoms with van der Waals surface area (Å²) in [4.78, 5) is 11.6. The van der Waals surface area contributed by atoms with Crippen LogP contribution >= 0.6 is 0 Å². The number of sulfone groups is 1. The molecule has 3 rings (SSSR count). The third kappa shape index (κ3) is 1.78. The summed E-state index contributed by atoms with van der Waals surface area (Å²) < 4.78 is 34.8. The molecule has 1 fully saturated rings. The van der Waals surface area contributed by atoms with Gasteiger partial charge < -0.3 is 14.6 Å². The summed E-state index contributed by atoms with van der Waals surface area (Å²) in [6.45, 7) is 1.50. The molecule has 0 saturated heterocycles. The minimum absolute atomic E-state index is 0.0580. The third-order valence-corrected chi connectivity index (χ3v) is 6.44. The zero-order valence-corrected chi connectivity index (χ0v) is 12.5. The van der Waals surface area contributed by atoms with Gasteiger partial charge in [-0.15, -0.1) is 0 Å². The van der Waals surface area contributed by atoms with E-state index in [1.54, 1.807) is 24.3 Å². The molecule has 1 aliphatic carbocycles. The smallest absolute Gasteiger partial charge is 0.326 e. The van der Waals surface area contributed by atoms with Crippen LogP contribution in [0.2, 0.25) is 0 Å². The van der Waals surface area contributed by atoms with Crippen molar-refractivity contribution in [2.75, 3.05) is 12.5 Å². The van der Waals surface area contributed by atoms with Crippen LogP contribution in [-0.4, -0.2) is 37.3 Å². The van der Waals surface area contributed by atoms with Gasteiger partial charge in [-0.3, -0.25) is 4.79 Å². The Morgan fingerprint density at radius 1 is 1.45 bits per heavy atom. The number of rotatable bonds is 4. The van der Waals surface area contributed by atoms with E-state index in [0.29, 0.717) is 17.1 Å². The Morgan fingerprint density at radius 3 is 2.73 bits per heavy atom. The lowest BCUT2D eigenvalue weighted by Gasteiger charge is -2.03. The number of hydrogen-bond acceptors (Lipinski definition) is 6. The lowest BCUT2D eigenvalue weighted by atomic mass is 10.0. The molecule has 1 N–H and O–H groups in total. The minimum atomic E-state index is -3.68. The maximum Gasteiger partial charge on any atom is 0.326 e. The fourth-order valence-electron chi connectivity index (χ4n) is 3.01. The maximum absolute atomic E-state index is 12.2. The normalized spacial score (nSPS) is 28.9. The zero-order valence-electron chi connectivity index (χ0n) is 11.6. The van der Waals surface area contributed by atoms with Crippen LogP contribution in [0, 0.1) is 16.7 Å². The first-order chi connectivity index (χ1) is 10.4. The van der Waals surface area contributed by atoms with Crippen molar-refractivity contribution < 1.29 is 27.8 Å². The Balaban J connectivity index is 2.09. The Hall–Kier alpha value is -2.27. The predicted octanol–water partition coefficient (Wildman–Crippen LogP) is 0.910. The number of carboxylic acid groups (broad SMARTS) is 1. The molecule has 8 heteroatoms. The van der Waals surface area contributed by atoms with E-state index in [0.717, 1.165) is 0 Å². The van der Waals surface area contributed by atoms with Crippen molar-refractivity contribution in [2.45, 2.75) is 18.1 Å². The van der Waals surface area contributed by atoms with E-state index in [4.69, 9.17) is 9.47 Å². The van der Waals surface area contributed by atoms with Gasteiger partial charge in [0.2, 0.25) is 6.79 Å². The van der Waals surface area contributed by atoms with E-state index in [9.17, 15) is 23.6 Å². The molecule has 22 heavy (non-hydrogen) atoms. The molecule has 0 spiro atoms. The van der Waals surface area contributed by atoms with Crippen LogP contribution in [0.25, 0.3) is 0 Å². The molecule has 116 valence electrons. The fraction of sp³-hybridized carbons (Fsp3) is 0.429. The van der Waals surface area contributed by atoms with Gasteiger partial charge in [0, 0.05) is 11.7 Å². The van der Waals surface area contributed by atoms with Crippen molar-refractivity contribution in [2.24, 2.45) is 5.41 Å². The Morgan fingerprint density at radius 2 is 2.14 bits per heavy atom. The number of carbonyl (C=O) groups is 1. The van der Waals surface area contributed by atoms with Crippen LogP contribution < -0.4 is 9.47 Å². The van der Waals surface area contributed by atoms with Crippen molar-refractivity contribution in [3.05, 3.63) is 23.8 Å². The molecule has 1 aromatic carbocycles. The number of aliphatic carboxylic acids is 1. The van der Waals surface area contributed by atoms with Gasteiger partial charge in [0.25, 0.3) is 0 Å². The average molecular weight is 323 g/mol. The summed E-state index contributed by atoms with van der Waals surface area (Å²) in [6, 6.07) is 6.43. The number of ether oxygens (including phenoxy) is 2. The number of benzene rings is 1. The van der Waals surface area contributed by atoms with Crippen LogP contribution in [0.5, 0.6) is 11.5 Å². The first-order valence-corrected chi connectivity index (χ1v) is 8.35. The second-order valence-electron chi connectivity index (χ2n) is 5.25. The van der Waals surface area contributed by atoms with Gasteiger partial charge in [-0.1, -0.05) is 13.0 Å². The van der Waals surface area contributed by atoms with Gasteiger partial charge in [-0.25, -0.2) is 8.42 Å². The Bertz CT molecular complexity index is 796. The minimum Gasteiger partial charge on any atom is -0.480 e. The summed E-state index contributed by atoms with van der Waals surface area (Å²) in [7, 11) is -3.68. The number of carboxylic acids is 1. The summed E-state index contributed by atoms with van der Waals surface area (Å²) in [5, 5.41) is 17.5. The molecule has 7 nitrogen and oxygen atoms in total. The molecular weight excluding hydrogens is 310 g/mol. The highest BCUT2D eigenvalue weighted by Crippen LogP contribution is 2.63. The van der Waals surface area contributed by atoms with E-state index in [1.807, 2.05) is 0 Å². The molecule has 1 heterocycles. The number of hydrogen-bond donors (Lipinski definition) is 1. The highest BCUT2D eigenvalue weighted by atomic mass is 32.2. The second-order valence-corrected chi connectivity index (χ2v) is 7.66. The molecule has 2 aliphatic rings. The number of fused-ring (bicyclic) bond motifs is 1. The number of nitrogens with zero attached hydrogens (tertiary/aromatic N) is 1.